The van der Waals surface area contributed by atoms with Crippen LogP contribution in [-0.2, 0) is 9.59 Å². The SMILES string of the molecule is COc1ccc([C@H]2C(=C(O)c3ccc(C)cc3)C(=O)C(=O)N2c2cccnc2)cc1OC. The second-order valence-corrected chi connectivity index (χ2v) is 7.36. The van der Waals surface area contributed by atoms with Gasteiger partial charge in [0.15, 0.2) is 11.5 Å². The Kier molecular flexibility index (Phi) is 5.64. The Labute approximate surface area is 185 Å². The third kappa shape index (κ3) is 3.58. The molecule has 1 saturated heterocycles. The predicted molar refractivity (Wildman–Crippen MR) is 120 cm³/mol. The Bertz CT molecular complexity index is 1200. The maximum Gasteiger partial charge on any atom is 0.300 e. The summed E-state index contributed by atoms with van der Waals surface area (Å²) < 4.78 is 10.7. The van der Waals surface area contributed by atoms with Crippen LogP contribution in [0.1, 0.15) is 22.7 Å². The number of ether oxygens (including phenoxy) is 2. The first-order valence-corrected chi connectivity index (χ1v) is 9.96. The summed E-state index contributed by atoms with van der Waals surface area (Å²) in [7, 11) is 3.03. The number of anilines is 1. The zero-order valence-corrected chi connectivity index (χ0v) is 17.9. The van der Waals surface area contributed by atoms with E-state index in [2.05, 4.69) is 4.98 Å². The van der Waals surface area contributed by atoms with Crippen LogP contribution in [0.2, 0.25) is 0 Å². The Morgan fingerprint density at radius 2 is 1.72 bits per heavy atom. The highest BCUT2D eigenvalue weighted by atomic mass is 16.5. The molecule has 1 aromatic heterocycles. The van der Waals surface area contributed by atoms with E-state index < -0.39 is 17.7 Å². The number of pyridine rings is 1. The number of aliphatic hydroxyl groups excluding tert-OH is 1. The van der Waals surface area contributed by atoms with Crippen molar-refractivity contribution >= 4 is 23.1 Å². The van der Waals surface area contributed by atoms with Gasteiger partial charge in [-0.1, -0.05) is 35.9 Å². The number of aromatic nitrogens is 1. The second-order valence-electron chi connectivity index (χ2n) is 7.36. The van der Waals surface area contributed by atoms with Crippen LogP contribution in [0.15, 0.2) is 72.6 Å². The van der Waals surface area contributed by atoms with Crippen LogP contribution in [0.4, 0.5) is 5.69 Å². The molecule has 3 aromatic rings. The molecule has 1 N–H and O–H groups in total. The fourth-order valence-corrected chi connectivity index (χ4v) is 3.80. The van der Waals surface area contributed by atoms with Crippen molar-refractivity contribution in [2.75, 3.05) is 19.1 Å². The quantitative estimate of drug-likeness (QED) is 0.373. The predicted octanol–water partition coefficient (Wildman–Crippen LogP) is 4.03. The van der Waals surface area contributed by atoms with Gasteiger partial charge < -0.3 is 14.6 Å². The van der Waals surface area contributed by atoms with Gasteiger partial charge in [-0.05, 0) is 36.8 Å². The molecule has 0 radical (unpaired) electrons. The number of carbonyl (C=O) groups is 2. The summed E-state index contributed by atoms with van der Waals surface area (Å²) in [6.45, 7) is 1.93. The number of methoxy groups -OCH3 is 2. The normalized spacial score (nSPS) is 17.5. The summed E-state index contributed by atoms with van der Waals surface area (Å²) in [6, 6.07) is 14.7. The molecule has 1 fully saturated rings. The maximum atomic E-state index is 13.1. The van der Waals surface area contributed by atoms with Crippen molar-refractivity contribution in [2.24, 2.45) is 0 Å². The van der Waals surface area contributed by atoms with Crippen LogP contribution in [0.5, 0.6) is 11.5 Å². The molecule has 0 saturated carbocycles. The molecule has 0 spiro atoms. The van der Waals surface area contributed by atoms with Gasteiger partial charge >= 0.3 is 0 Å². The van der Waals surface area contributed by atoms with Gasteiger partial charge in [-0.15, -0.1) is 0 Å². The smallest absolute Gasteiger partial charge is 0.300 e. The third-order valence-electron chi connectivity index (χ3n) is 5.42. The number of ketones is 1. The Morgan fingerprint density at radius 3 is 2.34 bits per heavy atom. The highest BCUT2D eigenvalue weighted by molar-refractivity contribution is 6.51. The summed E-state index contributed by atoms with van der Waals surface area (Å²) in [5.41, 5.74) is 2.48. The molecule has 32 heavy (non-hydrogen) atoms. The minimum atomic E-state index is -0.875. The van der Waals surface area contributed by atoms with Gasteiger partial charge in [-0.3, -0.25) is 19.5 Å². The van der Waals surface area contributed by atoms with E-state index in [0.717, 1.165) is 5.56 Å². The molecule has 2 aromatic carbocycles. The van der Waals surface area contributed by atoms with E-state index in [1.54, 1.807) is 48.7 Å². The van der Waals surface area contributed by atoms with Crippen molar-refractivity contribution in [3.8, 4) is 11.5 Å². The summed E-state index contributed by atoms with van der Waals surface area (Å²) in [4.78, 5) is 31.7. The molecule has 2 heterocycles. The van der Waals surface area contributed by atoms with E-state index in [1.165, 1.54) is 25.3 Å². The molecule has 0 aliphatic carbocycles. The van der Waals surface area contributed by atoms with E-state index in [0.29, 0.717) is 28.3 Å². The van der Waals surface area contributed by atoms with Crippen LogP contribution >= 0.6 is 0 Å². The van der Waals surface area contributed by atoms with Crippen LogP contribution in [0.3, 0.4) is 0 Å². The van der Waals surface area contributed by atoms with Crippen molar-refractivity contribution < 1.29 is 24.2 Å². The van der Waals surface area contributed by atoms with Crippen molar-refractivity contribution in [3.05, 3.63) is 89.3 Å². The zero-order chi connectivity index (χ0) is 22.8. The lowest BCUT2D eigenvalue weighted by Crippen LogP contribution is -2.29. The number of aryl methyl sites for hydroxylation is 1. The van der Waals surface area contributed by atoms with Gasteiger partial charge in [0.05, 0.1) is 37.7 Å². The van der Waals surface area contributed by atoms with Crippen molar-refractivity contribution in [1.82, 2.24) is 4.98 Å². The number of aliphatic hydroxyl groups is 1. The zero-order valence-electron chi connectivity index (χ0n) is 17.9. The molecule has 1 atom stereocenters. The number of hydrogen-bond donors (Lipinski definition) is 1. The first kappa shape index (κ1) is 21.1. The van der Waals surface area contributed by atoms with E-state index in [1.807, 2.05) is 19.1 Å². The maximum absolute atomic E-state index is 13.1. The van der Waals surface area contributed by atoms with E-state index >= 15 is 0 Å². The van der Waals surface area contributed by atoms with Gasteiger partial charge in [0.25, 0.3) is 11.7 Å². The highest BCUT2D eigenvalue weighted by Crippen LogP contribution is 2.43. The fourth-order valence-electron chi connectivity index (χ4n) is 3.80. The van der Waals surface area contributed by atoms with Crippen molar-refractivity contribution in [2.45, 2.75) is 13.0 Å². The van der Waals surface area contributed by atoms with E-state index in [9.17, 15) is 14.7 Å². The third-order valence-corrected chi connectivity index (χ3v) is 5.42. The first-order chi connectivity index (χ1) is 15.5. The number of rotatable bonds is 5. The number of carbonyl (C=O) groups excluding carboxylic acids is 2. The standard InChI is InChI=1S/C25H22N2O5/c1-15-6-8-16(9-7-15)23(28)21-22(17-10-11-19(31-2)20(13-17)32-3)27(25(30)24(21)29)18-5-4-12-26-14-18/h4-14,22,28H,1-3H3/t22-/m0/s1. The topological polar surface area (TPSA) is 89.0 Å². The average Bonchev–Trinajstić information content (AvgIpc) is 3.09. The molecule has 1 aliphatic heterocycles. The Hall–Kier alpha value is -4.13. The lowest BCUT2D eigenvalue weighted by Gasteiger charge is -2.25. The van der Waals surface area contributed by atoms with Crippen molar-refractivity contribution in [3.63, 3.8) is 0 Å². The summed E-state index contributed by atoms with van der Waals surface area (Å²) in [5, 5.41) is 11.1. The van der Waals surface area contributed by atoms with Crippen molar-refractivity contribution in [1.29, 1.82) is 0 Å². The highest BCUT2D eigenvalue weighted by Gasteiger charge is 2.47. The second kappa shape index (κ2) is 8.55. The molecule has 1 aliphatic rings. The number of amides is 1. The summed E-state index contributed by atoms with van der Waals surface area (Å²) in [5.74, 6) is -0.807. The fraction of sp³-hybridized carbons (Fsp3) is 0.160. The molecular formula is C25H22N2O5. The number of nitrogens with zero attached hydrogens (tertiary/aromatic N) is 2. The minimum absolute atomic E-state index is 0.00470. The van der Waals surface area contributed by atoms with Gasteiger partial charge in [-0.25, -0.2) is 0 Å². The Morgan fingerprint density at radius 1 is 1.00 bits per heavy atom. The Balaban J connectivity index is 1.96. The number of benzene rings is 2. The molecule has 7 heteroatoms. The monoisotopic (exact) mass is 430 g/mol. The van der Waals surface area contributed by atoms with Gasteiger partial charge in [-0.2, -0.15) is 0 Å². The first-order valence-electron chi connectivity index (χ1n) is 9.96. The van der Waals surface area contributed by atoms with Gasteiger partial charge in [0.1, 0.15) is 5.76 Å². The van der Waals surface area contributed by atoms with E-state index in [-0.39, 0.29) is 11.3 Å². The molecule has 7 nitrogen and oxygen atoms in total. The minimum Gasteiger partial charge on any atom is -0.507 e. The van der Waals surface area contributed by atoms with Gasteiger partial charge in [0, 0.05) is 11.8 Å². The molecule has 1 amide bonds. The van der Waals surface area contributed by atoms with Crippen LogP contribution in [-0.4, -0.2) is 36.0 Å². The van der Waals surface area contributed by atoms with Crippen LogP contribution in [0.25, 0.3) is 5.76 Å². The lowest BCUT2D eigenvalue weighted by molar-refractivity contribution is -0.132. The molecule has 0 unspecified atom stereocenters. The number of hydrogen-bond acceptors (Lipinski definition) is 6. The van der Waals surface area contributed by atoms with Gasteiger partial charge in [0.2, 0.25) is 0 Å². The average molecular weight is 430 g/mol. The molecule has 4 rings (SSSR count). The number of Topliss-reactive ketones (excluding diaryl/α,β-unsaturated/α-hetero) is 1. The molecular weight excluding hydrogens is 408 g/mol. The molecule has 0 bridgehead atoms. The van der Waals surface area contributed by atoms with Crippen LogP contribution < -0.4 is 14.4 Å². The van der Waals surface area contributed by atoms with E-state index in [4.69, 9.17) is 9.47 Å². The van der Waals surface area contributed by atoms with Crippen LogP contribution in [0, 0.1) is 6.92 Å². The summed E-state index contributed by atoms with van der Waals surface area (Å²) >= 11 is 0. The molecule has 162 valence electrons. The lowest BCUT2D eigenvalue weighted by atomic mass is 9.94. The largest absolute Gasteiger partial charge is 0.507 e. The summed E-state index contributed by atoms with van der Waals surface area (Å²) in [6.07, 6.45) is 3.09.